The second-order valence-electron chi connectivity index (χ2n) is 3.44. The molecule has 0 spiro atoms. The van der Waals surface area contributed by atoms with Crippen LogP contribution in [0.3, 0.4) is 0 Å². The summed E-state index contributed by atoms with van der Waals surface area (Å²) in [6.45, 7) is 0. The van der Waals surface area contributed by atoms with Gasteiger partial charge >= 0.3 is 12.0 Å². The molecule has 0 amide bonds. The van der Waals surface area contributed by atoms with Gasteiger partial charge < -0.3 is 9.52 Å². The van der Waals surface area contributed by atoms with E-state index in [1.165, 1.54) is 4.68 Å². The van der Waals surface area contributed by atoms with Crippen molar-refractivity contribution in [2.24, 2.45) is 0 Å². The fourth-order valence-electron chi connectivity index (χ4n) is 1.58. The molecular weight excluding hydrogens is 222 g/mol. The van der Waals surface area contributed by atoms with Crippen molar-refractivity contribution in [1.29, 1.82) is 0 Å². The fourth-order valence-corrected chi connectivity index (χ4v) is 1.58. The summed E-state index contributed by atoms with van der Waals surface area (Å²) in [4.78, 5) is 14.5. The Morgan fingerprint density at radius 2 is 2.18 bits per heavy atom. The first-order chi connectivity index (χ1) is 8.25. The number of nitrogens with zero attached hydrogens (tertiary/aromatic N) is 3. The van der Waals surface area contributed by atoms with Crippen LogP contribution in [0.25, 0.3) is 16.9 Å². The summed E-state index contributed by atoms with van der Waals surface area (Å²) in [7, 11) is 0. The van der Waals surface area contributed by atoms with E-state index in [4.69, 9.17) is 9.52 Å². The van der Waals surface area contributed by atoms with Gasteiger partial charge in [-0.2, -0.15) is 14.8 Å². The predicted molar refractivity (Wildman–Crippen MR) is 58.1 cm³/mol. The van der Waals surface area contributed by atoms with Gasteiger partial charge in [-0.3, -0.25) is 0 Å². The van der Waals surface area contributed by atoms with Gasteiger partial charge in [0.05, 0.1) is 11.7 Å². The number of oxazole rings is 1. The van der Waals surface area contributed by atoms with Crippen LogP contribution < -0.4 is 0 Å². The Kier molecular flexibility index (Phi) is 1.94. The third kappa shape index (κ3) is 1.46. The molecule has 0 bridgehead atoms. The molecule has 0 fully saturated rings. The lowest BCUT2D eigenvalue weighted by Crippen LogP contribution is -1.99. The number of hydrogen-bond acceptors (Lipinski definition) is 4. The van der Waals surface area contributed by atoms with Crippen molar-refractivity contribution in [3.8, 4) is 6.01 Å². The molecule has 1 N–H and O–H groups in total. The minimum atomic E-state index is -1.13. The maximum atomic E-state index is 10.7. The molecule has 0 saturated heterocycles. The van der Waals surface area contributed by atoms with Crippen LogP contribution in [0.4, 0.5) is 0 Å². The molecule has 0 unspecified atom stereocenters. The summed E-state index contributed by atoms with van der Waals surface area (Å²) >= 11 is 0. The molecule has 3 rings (SSSR count). The number of carbonyl (C=O) groups is 1. The first kappa shape index (κ1) is 9.59. The Balaban J connectivity index is 2.17. The highest BCUT2D eigenvalue weighted by Gasteiger charge is 2.13. The van der Waals surface area contributed by atoms with Crippen LogP contribution in [0.15, 0.2) is 41.1 Å². The van der Waals surface area contributed by atoms with Crippen LogP contribution in [0.5, 0.6) is 0 Å². The third-order valence-electron chi connectivity index (χ3n) is 2.37. The zero-order valence-electron chi connectivity index (χ0n) is 8.57. The van der Waals surface area contributed by atoms with E-state index < -0.39 is 5.97 Å². The Labute approximate surface area is 95.1 Å². The van der Waals surface area contributed by atoms with Crippen LogP contribution in [0.2, 0.25) is 0 Å². The SMILES string of the molecule is O=C(O)c1coc(-n2ncc3ccccc32)n1. The lowest BCUT2D eigenvalue weighted by Gasteiger charge is -1.95. The van der Waals surface area contributed by atoms with Gasteiger partial charge in [0.2, 0.25) is 0 Å². The normalized spacial score (nSPS) is 10.8. The summed E-state index contributed by atoms with van der Waals surface area (Å²) in [6.07, 6.45) is 2.76. The van der Waals surface area contributed by atoms with E-state index in [-0.39, 0.29) is 11.7 Å². The van der Waals surface area contributed by atoms with E-state index in [2.05, 4.69) is 10.1 Å². The van der Waals surface area contributed by atoms with E-state index in [0.717, 1.165) is 17.2 Å². The molecule has 0 aliphatic carbocycles. The second kappa shape index (κ2) is 3.44. The highest BCUT2D eigenvalue weighted by Crippen LogP contribution is 2.17. The third-order valence-corrected chi connectivity index (χ3v) is 2.37. The molecule has 0 saturated carbocycles. The molecule has 0 atom stereocenters. The smallest absolute Gasteiger partial charge is 0.357 e. The lowest BCUT2D eigenvalue weighted by molar-refractivity contribution is 0.0690. The Morgan fingerprint density at radius 1 is 1.35 bits per heavy atom. The number of fused-ring (bicyclic) bond motifs is 1. The van der Waals surface area contributed by atoms with Crippen molar-refractivity contribution < 1.29 is 14.3 Å². The van der Waals surface area contributed by atoms with Gasteiger partial charge in [0.15, 0.2) is 5.69 Å². The van der Waals surface area contributed by atoms with Crippen molar-refractivity contribution in [3.05, 3.63) is 42.4 Å². The summed E-state index contributed by atoms with van der Waals surface area (Å²) in [5.41, 5.74) is 0.672. The zero-order chi connectivity index (χ0) is 11.8. The molecule has 2 aromatic heterocycles. The molecule has 6 nitrogen and oxygen atoms in total. The molecule has 3 aromatic rings. The van der Waals surface area contributed by atoms with E-state index in [9.17, 15) is 4.79 Å². The average Bonchev–Trinajstić information content (AvgIpc) is 2.95. The number of aromatic carboxylic acids is 1. The number of rotatable bonds is 2. The van der Waals surface area contributed by atoms with Crippen LogP contribution >= 0.6 is 0 Å². The van der Waals surface area contributed by atoms with Gasteiger partial charge in [0.25, 0.3) is 0 Å². The number of hydrogen-bond donors (Lipinski definition) is 1. The molecule has 0 aliphatic heterocycles. The molecule has 1 aromatic carbocycles. The van der Waals surface area contributed by atoms with Crippen molar-refractivity contribution in [2.45, 2.75) is 0 Å². The predicted octanol–water partition coefficient (Wildman–Crippen LogP) is 1.71. The first-order valence-electron chi connectivity index (χ1n) is 4.87. The number of carboxylic acid groups (broad SMARTS) is 1. The zero-order valence-corrected chi connectivity index (χ0v) is 8.57. The second-order valence-corrected chi connectivity index (χ2v) is 3.44. The van der Waals surface area contributed by atoms with Crippen LogP contribution in [0, 0.1) is 0 Å². The van der Waals surface area contributed by atoms with Gasteiger partial charge in [-0.25, -0.2) is 4.79 Å². The van der Waals surface area contributed by atoms with Gasteiger partial charge in [-0.1, -0.05) is 18.2 Å². The van der Waals surface area contributed by atoms with E-state index in [1.807, 2.05) is 24.3 Å². The highest BCUT2D eigenvalue weighted by atomic mass is 16.4. The summed E-state index contributed by atoms with van der Waals surface area (Å²) in [6, 6.07) is 7.66. The summed E-state index contributed by atoms with van der Waals surface area (Å²) < 4.78 is 6.55. The number of carboxylic acids is 1. The van der Waals surface area contributed by atoms with E-state index >= 15 is 0 Å². The largest absolute Gasteiger partial charge is 0.476 e. The van der Waals surface area contributed by atoms with Crippen molar-refractivity contribution in [3.63, 3.8) is 0 Å². The lowest BCUT2D eigenvalue weighted by atomic mass is 10.3. The van der Waals surface area contributed by atoms with Crippen LogP contribution in [0.1, 0.15) is 10.5 Å². The van der Waals surface area contributed by atoms with Crippen molar-refractivity contribution in [2.75, 3.05) is 0 Å². The first-order valence-corrected chi connectivity index (χ1v) is 4.87. The summed E-state index contributed by atoms with van der Waals surface area (Å²) in [5, 5.41) is 13.8. The minimum Gasteiger partial charge on any atom is -0.476 e. The topological polar surface area (TPSA) is 81.1 Å². The molecule has 0 radical (unpaired) electrons. The maximum absolute atomic E-state index is 10.7. The Morgan fingerprint density at radius 3 is 2.94 bits per heavy atom. The van der Waals surface area contributed by atoms with E-state index in [1.54, 1.807) is 6.20 Å². The molecular formula is C11H7N3O3. The van der Waals surface area contributed by atoms with Gasteiger partial charge in [-0.15, -0.1) is 0 Å². The Hall–Kier alpha value is -2.63. The fraction of sp³-hybridized carbons (Fsp3) is 0. The quantitative estimate of drug-likeness (QED) is 0.723. The number of aromatic nitrogens is 3. The summed E-state index contributed by atoms with van der Waals surface area (Å²) in [5.74, 6) is -1.13. The standard InChI is InChI=1S/C11H7N3O3/c15-10(16)8-6-17-11(13-8)14-9-4-2-1-3-7(9)5-12-14/h1-6H,(H,15,16). The van der Waals surface area contributed by atoms with Gasteiger partial charge in [-0.05, 0) is 6.07 Å². The maximum Gasteiger partial charge on any atom is 0.357 e. The van der Waals surface area contributed by atoms with Gasteiger partial charge in [0, 0.05) is 5.39 Å². The molecule has 6 heteroatoms. The van der Waals surface area contributed by atoms with Crippen LogP contribution in [-0.4, -0.2) is 25.8 Å². The monoisotopic (exact) mass is 229 g/mol. The average molecular weight is 229 g/mol. The number of para-hydroxylation sites is 1. The molecule has 2 heterocycles. The van der Waals surface area contributed by atoms with Crippen molar-refractivity contribution >= 4 is 16.9 Å². The molecule has 84 valence electrons. The van der Waals surface area contributed by atoms with E-state index in [0.29, 0.717) is 0 Å². The minimum absolute atomic E-state index is 0.139. The molecule has 17 heavy (non-hydrogen) atoms. The van der Waals surface area contributed by atoms with Gasteiger partial charge in [0.1, 0.15) is 6.26 Å². The van der Waals surface area contributed by atoms with Crippen molar-refractivity contribution in [1.82, 2.24) is 14.8 Å². The van der Waals surface area contributed by atoms with Crippen LogP contribution in [-0.2, 0) is 0 Å². The molecule has 0 aliphatic rings. The Bertz CT molecular complexity index is 699. The number of benzene rings is 1. The highest BCUT2D eigenvalue weighted by molar-refractivity contribution is 5.85.